The van der Waals surface area contributed by atoms with Gasteiger partial charge in [0, 0.05) is 13.2 Å². The SMILES string of the molecule is CCOC(C)OC(=O)C12CC3CC(CC(OC(C)OCC)(C3)C1)C2. The number of hydrogen-bond donors (Lipinski definition) is 0. The molecule has 4 saturated carbocycles. The maximum absolute atomic E-state index is 12.9. The first-order valence-electron chi connectivity index (χ1n) is 9.52. The van der Waals surface area contributed by atoms with Crippen LogP contribution in [0, 0.1) is 17.3 Å². The van der Waals surface area contributed by atoms with Gasteiger partial charge in [0.25, 0.3) is 0 Å². The Morgan fingerprint density at radius 2 is 1.58 bits per heavy atom. The molecule has 0 spiro atoms. The van der Waals surface area contributed by atoms with Crippen molar-refractivity contribution in [3.63, 3.8) is 0 Å². The van der Waals surface area contributed by atoms with Crippen LogP contribution in [0.1, 0.15) is 66.2 Å². The lowest BCUT2D eigenvalue weighted by Crippen LogP contribution is -2.60. The van der Waals surface area contributed by atoms with Crippen LogP contribution in [0.4, 0.5) is 0 Å². The second-order valence-electron chi connectivity index (χ2n) is 7.99. The summed E-state index contributed by atoms with van der Waals surface area (Å²) in [5, 5.41) is 0. The Morgan fingerprint density at radius 1 is 1.00 bits per heavy atom. The maximum atomic E-state index is 12.9. The molecule has 0 aromatic rings. The molecule has 0 N–H and O–H groups in total. The summed E-state index contributed by atoms with van der Waals surface area (Å²) in [5.74, 6) is 1.04. The highest BCUT2D eigenvalue weighted by molar-refractivity contribution is 5.78. The first kappa shape index (κ1) is 18.2. The zero-order chi connectivity index (χ0) is 17.4. The van der Waals surface area contributed by atoms with E-state index in [9.17, 15) is 4.79 Å². The Labute approximate surface area is 145 Å². The normalized spacial score (nSPS) is 39.7. The number of carbonyl (C=O) groups is 1. The third-order valence-electron chi connectivity index (χ3n) is 5.93. The number of esters is 1. The third-order valence-corrected chi connectivity index (χ3v) is 5.93. The highest BCUT2D eigenvalue weighted by Crippen LogP contribution is 2.63. The van der Waals surface area contributed by atoms with Crippen molar-refractivity contribution < 1.29 is 23.7 Å². The summed E-state index contributed by atoms with van der Waals surface area (Å²) in [6.45, 7) is 8.84. The van der Waals surface area contributed by atoms with E-state index in [1.165, 1.54) is 6.42 Å². The fourth-order valence-corrected chi connectivity index (χ4v) is 5.72. The van der Waals surface area contributed by atoms with Gasteiger partial charge in [-0.05, 0) is 78.1 Å². The summed E-state index contributed by atoms with van der Waals surface area (Å²) in [4.78, 5) is 12.9. The highest BCUT2D eigenvalue weighted by Gasteiger charge is 2.62. The largest absolute Gasteiger partial charge is 0.436 e. The van der Waals surface area contributed by atoms with E-state index >= 15 is 0 Å². The van der Waals surface area contributed by atoms with Crippen molar-refractivity contribution in [3.05, 3.63) is 0 Å². The zero-order valence-corrected chi connectivity index (χ0v) is 15.5. The van der Waals surface area contributed by atoms with E-state index < -0.39 is 6.29 Å². The molecule has 24 heavy (non-hydrogen) atoms. The second-order valence-corrected chi connectivity index (χ2v) is 7.99. The fraction of sp³-hybridized carbons (Fsp3) is 0.947. The van der Waals surface area contributed by atoms with Crippen LogP contribution in [0.5, 0.6) is 0 Å². The van der Waals surface area contributed by atoms with Gasteiger partial charge in [-0.15, -0.1) is 0 Å². The van der Waals surface area contributed by atoms with Crippen molar-refractivity contribution in [1.29, 1.82) is 0 Å². The molecule has 0 aromatic carbocycles. The van der Waals surface area contributed by atoms with Gasteiger partial charge in [0.1, 0.15) is 0 Å². The minimum atomic E-state index is -0.477. The number of hydrogen-bond acceptors (Lipinski definition) is 5. The molecule has 0 aromatic heterocycles. The lowest BCUT2D eigenvalue weighted by atomic mass is 9.48. The van der Waals surface area contributed by atoms with Gasteiger partial charge in [-0.1, -0.05) is 0 Å². The molecule has 4 rings (SSSR count). The summed E-state index contributed by atoms with van der Waals surface area (Å²) >= 11 is 0. The Kier molecular flexibility index (Phi) is 5.24. The molecule has 4 aliphatic rings. The van der Waals surface area contributed by atoms with E-state index in [-0.39, 0.29) is 23.3 Å². The molecule has 0 saturated heterocycles. The third kappa shape index (κ3) is 3.49. The molecule has 0 heterocycles. The van der Waals surface area contributed by atoms with E-state index in [1.807, 2.05) is 20.8 Å². The van der Waals surface area contributed by atoms with Gasteiger partial charge in [-0.2, -0.15) is 0 Å². The fourth-order valence-electron chi connectivity index (χ4n) is 5.72. The predicted octanol–water partition coefficient (Wildman–Crippen LogP) is 3.65. The molecule has 0 radical (unpaired) electrons. The van der Waals surface area contributed by atoms with Gasteiger partial charge >= 0.3 is 5.97 Å². The molecule has 4 bridgehead atoms. The van der Waals surface area contributed by atoms with Crippen molar-refractivity contribution in [1.82, 2.24) is 0 Å². The summed E-state index contributed by atoms with van der Waals surface area (Å²) in [7, 11) is 0. The molecular formula is C19H32O5. The minimum absolute atomic E-state index is 0.0883. The van der Waals surface area contributed by atoms with Crippen LogP contribution in [0.25, 0.3) is 0 Å². The zero-order valence-electron chi connectivity index (χ0n) is 15.5. The molecule has 4 aliphatic carbocycles. The van der Waals surface area contributed by atoms with Gasteiger partial charge in [-0.3, -0.25) is 4.79 Å². The highest BCUT2D eigenvalue weighted by atomic mass is 16.7. The summed E-state index contributed by atoms with van der Waals surface area (Å²) in [5.41, 5.74) is -0.603. The number of ether oxygens (including phenoxy) is 4. The van der Waals surface area contributed by atoms with Crippen molar-refractivity contribution in [2.24, 2.45) is 17.3 Å². The van der Waals surface area contributed by atoms with E-state index in [2.05, 4.69) is 0 Å². The standard InChI is InChI=1S/C19H32O5/c1-5-21-13(3)23-17(20)18-8-15-7-16(9-18)11-19(10-15,12-18)24-14(4)22-6-2/h13-16H,5-12H2,1-4H3. The molecule has 5 heteroatoms. The van der Waals surface area contributed by atoms with E-state index in [4.69, 9.17) is 18.9 Å². The number of rotatable bonds is 8. The molecule has 0 amide bonds. The Bertz CT molecular complexity index is 449. The van der Waals surface area contributed by atoms with Crippen LogP contribution in [0.3, 0.4) is 0 Å². The number of carbonyl (C=O) groups excluding carboxylic acids is 1. The van der Waals surface area contributed by atoms with Crippen LogP contribution >= 0.6 is 0 Å². The Hall–Kier alpha value is -0.650. The second kappa shape index (κ2) is 6.93. The van der Waals surface area contributed by atoms with Crippen LogP contribution in [0.2, 0.25) is 0 Å². The summed E-state index contributed by atoms with van der Waals surface area (Å²) < 4.78 is 23.0. The summed E-state index contributed by atoms with van der Waals surface area (Å²) in [6.07, 6.45) is 5.28. The van der Waals surface area contributed by atoms with Crippen LogP contribution < -0.4 is 0 Å². The predicted molar refractivity (Wildman–Crippen MR) is 89.2 cm³/mol. The molecule has 4 unspecified atom stereocenters. The molecule has 0 aliphatic heterocycles. The monoisotopic (exact) mass is 340 g/mol. The van der Waals surface area contributed by atoms with Crippen LogP contribution in [0.15, 0.2) is 0 Å². The average Bonchev–Trinajstić information content (AvgIpc) is 2.45. The Balaban J connectivity index is 1.74. The minimum Gasteiger partial charge on any atom is -0.436 e. The van der Waals surface area contributed by atoms with Crippen LogP contribution in [-0.2, 0) is 23.7 Å². The van der Waals surface area contributed by atoms with E-state index in [1.54, 1.807) is 6.92 Å². The topological polar surface area (TPSA) is 54.0 Å². The van der Waals surface area contributed by atoms with Crippen molar-refractivity contribution in [3.8, 4) is 0 Å². The van der Waals surface area contributed by atoms with E-state index in [0.717, 1.165) is 32.1 Å². The molecular weight excluding hydrogens is 308 g/mol. The Morgan fingerprint density at radius 3 is 2.17 bits per heavy atom. The van der Waals surface area contributed by atoms with Gasteiger partial charge < -0.3 is 18.9 Å². The van der Waals surface area contributed by atoms with Crippen molar-refractivity contribution in [2.75, 3.05) is 13.2 Å². The van der Waals surface area contributed by atoms with Crippen molar-refractivity contribution >= 4 is 5.97 Å². The molecule has 138 valence electrons. The van der Waals surface area contributed by atoms with Gasteiger partial charge in [-0.25, -0.2) is 0 Å². The lowest BCUT2D eigenvalue weighted by Gasteiger charge is -2.60. The quantitative estimate of drug-likeness (QED) is 0.499. The van der Waals surface area contributed by atoms with Crippen LogP contribution in [-0.4, -0.2) is 37.4 Å². The average molecular weight is 340 g/mol. The summed E-state index contributed by atoms with van der Waals surface area (Å²) in [6, 6.07) is 0. The molecule has 4 fully saturated rings. The molecule has 4 atom stereocenters. The van der Waals surface area contributed by atoms with Gasteiger partial charge in [0.15, 0.2) is 12.6 Å². The molecule has 5 nitrogen and oxygen atoms in total. The van der Waals surface area contributed by atoms with Crippen molar-refractivity contribution in [2.45, 2.75) is 84.4 Å². The van der Waals surface area contributed by atoms with Gasteiger partial charge in [0.2, 0.25) is 0 Å². The van der Waals surface area contributed by atoms with Gasteiger partial charge in [0.05, 0.1) is 11.0 Å². The van der Waals surface area contributed by atoms with E-state index in [0.29, 0.717) is 25.0 Å². The first-order chi connectivity index (χ1) is 11.4. The smallest absolute Gasteiger partial charge is 0.314 e. The first-order valence-corrected chi connectivity index (χ1v) is 9.52. The maximum Gasteiger partial charge on any atom is 0.314 e. The lowest BCUT2D eigenvalue weighted by molar-refractivity contribution is -0.267.